The van der Waals surface area contributed by atoms with Gasteiger partial charge in [0.05, 0.1) is 17.3 Å². The highest BCUT2D eigenvalue weighted by Gasteiger charge is 2.21. The SMILES string of the molecule is CC(=O)CN1CCc2cccc(Cl)c21. The summed E-state index contributed by atoms with van der Waals surface area (Å²) in [5, 5.41) is 0.751. The van der Waals surface area contributed by atoms with Crippen molar-refractivity contribution in [1.82, 2.24) is 0 Å². The van der Waals surface area contributed by atoms with Crippen molar-refractivity contribution in [3.63, 3.8) is 0 Å². The molecular formula is C11H12ClNO. The second-order valence-electron chi connectivity index (χ2n) is 3.62. The largest absolute Gasteiger partial charge is 0.362 e. The molecule has 0 spiro atoms. The van der Waals surface area contributed by atoms with Crippen LogP contribution in [0.4, 0.5) is 5.69 Å². The predicted molar refractivity (Wildman–Crippen MR) is 58.1 cm³/mol. The lowest BCUT2D eigenvalue weighted by Crippen LogP contribution is -2.26. The van der Waals surface area contributed by atoms with Crippen LogP contribution in [-0.4, -0.2) is 18.9 Å². The van der Waals surface area contributed by atoms with Crippen molar-refractivity contribution in [2.45, 2.75) is 13.3 Å². The van der Waals surface area contributed by atoms with Crippen LogP contribution in [0.1, 0.15) is 12.5 Å². The van der Waals surface area contributed by atoms with Crippen LogP contribution < -0.4 is 4.90 Å². The average molecular weight is 210 g/mol. The number of ketones is 1. The van der Waals surface area contributed by atoms with Gasteiger partial charge in [-0.05, 0) is 25.0 Å². The van der Waals surface area contributed by atoms with Crippen LogP contribution >= 0.6 is 11.6 Å². The van der Waals surface area contributed by atoms with Gasteiger partial charge in [-0.15, -0.1) is 0 Å². The first kappa shape index (κ1) is 9.53. The number of fused-ring (bicyclic) bond motifs is 1. The molecule has 1 aliphatic heterocycles. The third kappa shape index (κ3) is 1.62. The minimum Gasteiger partial charge on any atom is -0.362 e. The summed E-state index contributed by atoms with van der Waals surface area (Å²) >= 11 is 6.09. The molecule has 14 heavy (non-hydrogen) atoms. The van der Waals surface area contributed by atoms with E-state index in [4.69, 9.17) is 11.6 Å². The van der Waals surface area contributed by atoms with E-state index in [0.717, 1.165) is 23.7 Å². The summed E-state index contributed by atoms with van der Waals surface area (Å²) in [7, 11) is 0. The zero-order valence-corrected chi connectivity index (χ0v) is 8.84. The fourth-order valence-corrected chi connectivity index (χ4v) is 2.22. The first-order chi connectivity index (χ1) is 6.68. The van der Waals surface area contributed by atoms with E-state index >= 15 is 0 Å². The molecule has 2 nitrogen and oxygen atoms in total. The highest BCUT2D eigenvalue weighted by molar-refractivity contribution is 6.33. The zero-order chi connectivity index (χ0) is 10.1. The van der Waals surface area contributed by atoms with Crippen molar-refractivity contribution in [2.75, 3.05) is 18.0 Å². The molecule has 0 N–H and O–H groups in total. The van der Waals surface area contributed by atoms with Crippen LogP contribution in [0.5, 0.6) is 0 Å². The molecule has 0 aliphatic carbocycles. The summed E-state index contributed by atoms with van der Waals surface area (Å²) in [6, 6.07) is 5.90. The first-order valence-corrected chi connectivity index (χ1v) is 5.08. The maximum atomic E-state index is 11.0. The molecule has 0 aromatic heterocycles. The first-order valence-electron chi connectivity index (χ1n) is 4.70. The number of nitrogens with zero attached hydrogens (tertiary/aromatic N) is 1. The van der Waals surface area contributed by atoms with Gasteiger partial charge in [0.1, 0.15) is 5.78 Å². The molecule has 3 heteroatoms. The van der Waals surface area contributed by atoms with Gasteiger partial charge in [-0.1, -0.05) is 23.7 Å². The Bertz CT molecular complexity index is 376. The number of carbonyl (C=O) groups excluding carboxylic acids is 1. The molecule has 1 heterocycles. The third-order valence-electron chi connectivity index (χ3n) is 2.45. The third-order valence-corrected chi connectivity index (χ3v) is 2.76. The van der Waals surface area contributed by atoms with Crippen LogP contribution in [-0.2, 0) is 11.2 Å². The van der Waals surface area contributed by atoms with E-state index < -0.39 is 0 Å². The molecule has 0 saturated carbocycles. The molecule has 0 fully saturated rings. The number of rotatable bonds is 2. The topological polar surface area (TPSA) is 20.3 Å². The van der Waals surface area contributed by atoms with Gasteiger partial charge in [-0.2, -0.15) is 0 Å². The molecule has 2 rings (SSSR count). The molecule has 0 unspecified atom stereocenters. The molecule has 1 aliphatic rings. The monoisotopic (exact) mass is 209 g/mol. The Hall–Kier alpha value is -1.02. The van der Waals surface area contributed by atoms with Gasteiger partial charge in [-0.25, -0.2) is 0 Å². The highest BCUT2D eigenvalue weighted by atomic mass is 35.5. The van der Waals surface area contributed by atoms with E-state index in [1.807, 2.05) is 12.1 Å². The van der Waals surface area contributed by atoms with Crippen molar-refractivity contribution in [3.05, 3.63) is 28.8 Å². The highest BCUT2D eigenvalue weighted by Crippen LogP contribution is 2.34. The van der Waals surface area contributed by atoms with Gasteiger partial charge in [0.15, 0.2) is 0 Å². The molecule has 0 bridgehead atoms. The lowest BCUT2D eigenvalue weighted by atomic mass is 10.2. The summed E-state index contributed by atoms with van der Waals surface area (Å²) in [6.45, 7) is 2.98. The Morgan fingerprint density at radius 3 is 3.07 bits per heavy atom. The number of anilines is 1. The Morgan fingerprint density at radius 1 is 1.57 bits per heavy atom. The van der Waals surface area contributed by atoms with E-state index in [-0.39, 0.29) is 5.78 Å². The number of para-hydroxylation sites is 1. The quantitative estimate of drug-likeness (QED) is 0.745. The number of halogens is 1. The lowest BCUT2D eigenvalue weighted by Gasteiger charge is -2.18. The smallest absolute Gasteiger partial charge is 0.149 e. The van der Waals surface area contributed by atoms with Crippen molar-refractivity contribution >= 4 is 23.1 Å². The molecule has 0 amide bonds. The Balaban J connectivity index is 2.33. The number of hydrogen-bond acceptors (Lipinski definition) is 2. The maximum Gasteiger partial charge on any atom is 0.149 e. The van der Waals surface area contributed by atoms with Gasteiger partial charge < -0.3 is 4.90 Å². The summed E-state index contributed by atoms with van der Waals surface area (Å²) < 4.78 is 0. The van der Waals surface area contributed by atoms with Gasteiger partial charge in [0, 0.05) is 6.54 Å². The van der Waals surface area contributed by atoms with Crippen molar-refractivity contribution in [1.29, 1.82) is 0 Å². The Morgan fingerprint density at radius 2 is 2.36 bits per heavy atom. The molecular weight excluding hydrogens is 198 g/mol. The molecule has 1 aromatic carbocycles. The minimum atomic E-state index is 0.178. The summed E-state index contributed by atoms with van der Waals surface area (Å²) in [5.74, 6) is 0.178. The molecule has 0 atom stereocenters. The van der Waals surface area contributed by atoms with Crippen molar-refractivity contribution < 1.29 is 4.79 Å². The minimum absolute atomic E-state index is 0.178. The summed E-state index contributed by atoms with van der Waals surface area (Å²) in [4.78, 5) is 13.1. The predicted octanol–water partition coefficient (Wildman–Crippen LogP) is 2.29. The summed E-state index contributed by atoms with van der Waals surface area (Å²) in [6.07, 6.45) is 0.989. The number of carbonyl (C=O) groups is 1. The van der Waals surface area contributed by atoms with Crippen LogP contribution in [0.15, 0.2) is 18.2 Å². The van der Waals surface area contributed by atoms with E-state index in [0.29, 0.717) is 6.54 Å². The Kier molecular flexibility index (Phi) is 2.46. The second kappa shape index (κ2) is 3.62. The van der Waals surface area contributed by atoms with E-state index in [9.17, 15) is 4.79 Å². The van der Waals surface area contributed by atoms with Crippen molar-refractivity contribution in [3.8, 4) is 0 Å². The number of hydrogen-bond donors (Lipinski definition) is 0. The fourth-order valence-electron chi connectivity index (χ4n) is 1.91. The molecule has 0 saturated heterocycles. The molecule has 74 valence electrons. The number of benzene rings is 1. The Labute approximate surface area is 88.5 Å². The van der Waals surface area contributed by atoms with Gasteiger partial charge in [0.2, 0.25) is 0 Å². The molecule has 0 radical (unpaired) electrons. The van der Waals surface area contributed by atoms with Crippen LogP contribution in [0.25, 0.3) is 0 Å². The molecule has 1 aromatic rings. The normalized spacial score (nSPS) is 14.3. The van der Waals surface area contributed by atoms with Crippen LogP contribution in [0, 0.1) is 0 Å². The van der Waals surface area contributed by atoms with Crippen LogP contribution in [0.3, 0.4) is 0 Å². The lowest BCUT2D eigenvalue weighted by molar-refractivity contribution is -0.115. The van der Waals surface area contributed by atoms with E-state index in [1.54, 1.807) is 6.92 Å². The van der Waals surface area contributed by atoms with Crippen molar-refractivity contribution in [2.24, 2.45) is 0 Å². The van der Waals surface area contributed by atoms with Gasteiger partial charge in [-0.3, -0.25) is 4.79 Å². The van der Waals surface area contributed by atoms with E-state index in [1.165, 1.54) is 5.56 Å². The van der Waals surface area contributed by atoms with Crippen LogP contribution in [0.2, 0.25) is 5.02 Å². The van der Waals surface area contributed by atoms with E-state index in [2.05, 4.69) is 11.0 Å². The average Bonchev–Trinajstić information content (AvgIpc) is 2.49. The summed E-state index contributed by atoms with van der Waals surface area (Å²) in [5.41, 5.74) is 2.29. The number of Topliss-reactive ketones (excluding diaryl/α,β-unsaturated/α-hetero) is 1. The van der Waals surface area contributed by atoms with Gasteiger partial charge >= 0.3 is 0 Å². The standard InChI is InChI=1S/C11H12ClNO/c1-8(14)7-13-6-5-9-3-2-4-10(12)11(9)13/h2-4H,5-7H2,1H3. The zero-order valence-electron chi connectivity index (χ0n) is 8.09. The maximum absolute atomic E-state index is 11.0. The second-order valence-corrected chi connectivity index (χ2v) is 4.03. The van der Waals surface area contributed by atoms with Gasteiger partial charge in [0.25, 0.3) is 0 Å². The fraction of sp³-hybridized carbons (Fsp3) is 0.364.